The number of carboxylic acids is 1. The topological polar surface area (TPSA) is 97.3 Å². The normalized spacial score (nSPS) is 11.5. The molecule has 0 bridgehead atoms. The number of aliphatic carboxylic acids is 1. The molecule has 10 heteroatoms. The average molecular weight is 543 g/mol. The molecule has 3 aromatic carbocycles. The summed E-state index contributed by atoms with van der Waals surface area (Å²) in [6, 6.07) is 18.6. The van der Waals surface area contributed by atoms with Crippen molar-refractivity contribution in [2.75, 3.05) is 38.2 Å². The number of rotatable bonds is 15. The van der Waals surface area contributed by atoms with Crippen LogP contribution in [-0.4, -0.2) is 61.0 Å². The van der Waals surface area contributed by atoms with E-state index < -0.39 is 29.7 Å². The quantitative estimate of drug-likeness (QED) is 0.250. The zero-order valence-corrected chi connectivity index (χ0v) is 21.6. The Morgan fingerprint density at radius 3 is 2.28 bits per heavy atom. The largest absolute Gasteiger partial charge is 0.494 e. The fraction of sp³-hybridized carbons (Fsp3) is 0.310. The molecule has 2 amide bonds. The first-order chi connectivity index (χ1) is 18.9. The molecule has 8 nitrogen and oxygen atoms in total. The Kier molecular flexibility index (Phi) is 11.5. The lowest BCUT2D eigenvalue weighted by atomic mass is 10.1. The first-order valence-electron chi connectivity index (χ1n) is 12.6. The van der Waals surface area contributed by atoms with E-state index in [1.54, 1.807) is 31.2 Å². The zero-order valence-electron chi connectivity index (χ0n) is 21.6. The number of ether oxygens (including phenoxy) is 3. The molecule has 0 aliphatic heterocycles. The fourth-order valence-corrected chi connectivity index (χ4v) is 3.69. The number of halogens is 2. The first kappa shape index (κ1) is 29.4. The molecule has 0 saturated heterocycles. The van der Waals surface area contributed by atoms with Crippen LogP contribution in [0.15, 0.2) is 72.8 Å². The van der Waals surface area contributed by atoms with Crippen molar-refractivity contribution >= 4 is 17.7 Å². The van der Waals surface area contributed by atoms with Crippen molar-refractivity contribution in [1.29, 1.82) is 0 Å². The van der Waals surface area contributed by atoms with E-state index in [0.29, 0.717) is 43.7 Å². The Labute approximate surface area is 226 Å². The lowest BCUT2D eigenvalue weighted by Crippen LogP contribution is -2.39. The van der Waals surface area contributed by atoms with Gasteiger partial charge < -0.3 is 29.5 Å². The molecule has 0 aliphatic rings. The van der Waals surface area contributed by atoms with Gasteiger partial charge in [0.15, 0.2) is 6.10 Å². The van der Waals surface area contributed by atoms with Crippen molar-refractivity contribution in [1.82, 2.24) is 4.90 Å². The summed E-state index contributed by atoms with van der Waals surface area (Å²) in [5, 5.41) is 11.7. The summed E-state index contributed by atoms with van der Waals surface area (Å²) in [5.74, 6) is -1.38. The van der Waals surface area contributed by atoms with Crippen molar-refractivity contribution in [2.24, 2.45) is 0 Å². The first-order valence-corrected chi connectivity index (χ1v) is 12.6. The summed E-state index contributed by atoms with van der Waals surface area (Å²) in [6.45, 7) is 3.04. The van der Waals surface area contributed by atoms with E-state index in [-0.39, 0.29) is 25.3 Å². The van der Waals surface area contributed by atoms with Gasteiger partial charge in [-0.15, -0.1) is 0 Å². The Morgan fingerprint density at radius 2 is 1.62 bits per heavy atom. The molecule has 0 saturated carbocycles. The average Bonchev–Trinajstić information content (AvgIpc) is 2.92. The number of carboxylic acid groups (broad SMARTS) is 1. The lowest BCUT2D eigenvalue weighted by Gasteiger charge is -2.23. The predicted molar refractivity (Wildman–Crippen MR) is 142 cm³/mol. The maximum atomic E-state index is 14.1. The number of benzene rings is 3. The highest BCUT2D eigenvalue weighted by Crippen LogP contribution is 2.17. The molecule has 0 aliphatic carbocycles. The molecular weight excluding hydrogens is 510 g/mol. The molecular formula is C29H32F2N2O6. The van der Waals surface area contributed by atoms with Gasteiger partial charge in [-0.05, 0) is 55.3 Å². The van der Waals surface area contributed by atoms with E-state index in [1.807, 2.05) is 30.3 Å². The minimum atomic E-state index is -1.02. The van der Waals surface area contributed by atoms with Gasteiger partial charge in [-0.25, -0.2) is 18.4 Å². The zero-order chi connectivity index (χ0) is 28.0. The lowest BCUT2D eigenvalue weighted by molar-refractivity contribution is -0.149. The monoisotopic (exact) mass is 542 g/mol. The summed E-state index contributed by atoms with van der Waals surface area (Å²) in [5.41, 5.74) is 0.652. The van der Waals surface area contributed by atoms with Crippen molar-refractivity contribution in [2.45, 2.75) is 25.9 Å². The molecule has 0 aromatic heterocycles. The predicted octanol–water partition coefficient (Wildman–Crippen LogP) is 5.38. The number of nitrogens with one attached hydrogen (secondary N) is 1. The number of carbonyl (C=O) groups excluding carboxylic acids is 1. The molecule has 0 fully saturated rings. The van der Waals surface area contributed by atoms with Gasteiger partial charge in [0, 0.05) is 25.6 Å². The van der Waals surface area contributed by atoms with E-state index >= 15 is 0 Å². The fourth-order valence-electron chi connectivity index (χ4n) is 3.69. The molecule has 2 N–H and O–H groups in total. The number of para-hydroxylation sites is 1. The van der Waals surface area contributed by atoms with Crippen LogP contribution in [-0.2, 0) is 16.0 Å². The summed E-state index contributed by atoms with van der Waals surface area (Å²) >= 11 is 0. The second kappa shape index (κ2) is 15.3. The highest BCUT2D eigenvalue weighted by Gasteiger charge is 2.18. The minimum Gasteiger partial charge on any atom is -0.494 e. The Bertz CT molecular complexity index is 1190. The molecule has 1 unspecified atom stereocenters. The molecule has 0 heterocycles. The third-order valence-electron chi connectivity index (χ3n) is 5.66. The van der Waals surface area contributed by atoms with Crippen LogP contribution in [0.4, 0.5) is 19.3 Å². The molecule has 0 spiro atoms. The van der Waals surface area contributed by atoms with Gasteiger partial charge in [0.25, 0.3) is 0 Å². The van der Waals surface area contributed by atoms with Crippen LogP contribution in [0.25, 0.3) is 0 Å². The van der Waals surface area contributed by atoms with E-state index in [9.17, 15) is 23.5 Å². The number of carbonyl (C=O) groups is 2. The van der Waals surface area contributed by atoms with E-state index in [0.717, 1.165) is 17.7 Å². The molecule has 3 aromatic rings. The van der Waals surface area contributed by atoms with E-state index in [1.165, 1.54) is 4.90 Å². The minimum absolute atomic E-state index is 0.129. The smallest absolute Gasteiger partial charge is 0.333 e. The van der Waals surface area contributed by atoms with Crippen LogP contribution in [0.2, 0.25) is 0 Å². The SMILES string of the molecule is CCOC(Cc1ccc(OCCN(CCCOc2ccccc2)C(=O)Nc2ccc(F)cc2F)cc1)C(=O)O. The van der Waals surface area contributed by atoms with Gasteiger partial charge in [-0.3, -0.25) is 0 Å². The Balaban J connectivity index is 1.56. The number of nitrogens with zero attached hydrogens (tertiary/aromatic N) is 1. The molecule has 208 valence electrons. The van der Waals surface area contributed by atoms with Crippen molar-refractivity contribution < 1.29 is 37.7 Å². The highest BCUT2D eigenvalue weighted by molar-refractivity contribution is 5.89. The Hall–Kier alpha value is -4.18. The van der Waals surface area contributed by atoms with Crippen LogP contribution in [0.3, 0.4) is 0 Å². The standard InChI is InChI=1S/C29H32F2N2O6/c1-2-37-27(28(34)35)19-21-9-12-24(13-10-21)39-18-16-33(15-6-17-38-23-7-4-3-5-8-23)29(36)32-26-14-11-22(30)20-25(26)31/h3-5,7-14,20,27H,2,6,15-19H2,1H3,(H,32,36)(H,34,35). The second-order valence-corrected chi connectivity index (χ2v) is 8.54. The van der Waals surface area contributed by atoms with Crippen LogP contribution in [0.1, 0.15) is 18.9 Å². The summed E-state index contributed by atoms with van der Waals surface area (Å²) < 4.78 is 44.1. The van der Waals surface area contributed by atoms with Crippen LogP contribution in [0, 0.1) is 11.6 Å². The molecule has 3 rings (SSSR count). The van der Waals surface area contributed by atoms with E-state index in [4.69, 9.17) is 14.2 Å². The third kappa shape index (κ3) is 9.90. The third-order valence-corrected chi connectivity index (χ3v) is 5.66. The number of urea groups is 1. The summed E-state index contributed by atoms with van der Waals surface area (Å²) in [4.78, 5) is 25.7. The van der Waals surface area contributed by atoms with Crippen LogP contribution in [0.5, 0.6) is 11.5 Å². The maximum Gasteiger partial charge on any atom is 0.333 e. The summed E-state index contributed by atoms with van der Waals surface area (Å²) in [7, 11) is 0. The van der Waals surface area contributed by atoms with Gasteiger partial charge in [-0.1, -0.05) is 30.3 Å². The Morgan fingerprint density at radius 1 is 0.923 bits per heavy atom. The van der Waals surface area contributed by atoms with Gasteiger partial charge in [-0.2, -0.15) is 0 Å². The number of amides is 2. The van der Waals surface area contributed by atoms with Crippen LogP contribution < -0.4 is 14.8 Å². The van der Waals surface area contributed by atoms with Gasteiger partial charge in [0.1, 0.15) is 29.7 Å². The van der Waals surface area contributed by atoms with Gasteiger partial charge in [0.05, 0.1) is 18.8 Å². The van der Waals surface area contributed by atoms with Crippen LogP contribution >= 0.6 is 0 Å². The van der Waals surface area contributed by atoms with Gasteiger partial charge >= 0.3 is 12.0 Å². The number of anilines is 1. The van der Waals surface area contributed by atoms with Crippen molar-refractivity contribution in [3.63, 3.8) is 0 Å². The van der Waals surface area contributed by atoms with E-state index in [2.05, 4.69) is 5.32 Å². The molecule has 1 atom stereocenters. The van der Waals surface area contributed by atoms with Crippen molar-refractivity contribution in [3.8, 4) is 11.5 Å². The van der Waals surface area contributed by atoms with Crippen molar-refractivity contribution in [3.05, 3.63) is 90.0 Å². The second-order valence-electron chi connectivity index (χ2n) is 8.54. The number of hydrogen-bond donors (Lipinski definition) is 2. The maximum absolute atomic E-state index is 14.1. The highest BCUT2D eigenvalue weighted by atomic mass is 19.1. The molecule has 0 radical (unpaired) electrons. The summed E-state index contributed by atoms with van der Waals surface area (Å²) in [6.07, 6.45) is -0.193. The van der Waals surface area contributed by atoms with Gasteiger partial charge in [0.2, 0.25) is 0 Å². The molecule has 39 heavy (non-hydrogen) atoms. The number of hydrogen-bond acceptors (Lipinski definition) is 5.